The summed E-state index contributed by atoms with van der Waals surface area (Å²) in [6.45, 7) is -0.255. The molecule has 0 aliphatic rings. The van der Waals surface area contributed by atoms with Crippen molar-refractivity contribution in [3.05, 3.63) is 83.5 Å². The van der Waals surface area contributed by atoms with Crippen LogP contribution in [0.15, 0.2) is 77.8 Å². The van der Waals surface area contributed by atoms with Crippen molar-refractivity contribution < 1.29 is 26.7 Å². The van der Waals surface area contributed by atoms with Gasteiger partial charge < -0.3 is 5.11 Å². The van der Waals surface area contributed by atoms with Gasteiger partial charge in [0.1, 0.15) is 0 Å². The smallest absolute Gasteiger partial charge is 0.396 e. The number of hydrogen-bond donors (Lipinski definition) is 1. The summed E-state index contributed by atoms with van der Waals surface area (Å²) in [6, 6.07) is 17.3. The fourth-order valence-corrected chi connectivity index (χ4v) is 5.68. The van der Waals surface area contributed by atoms with Crippen LogP contribution in [0.25, 0.3) is 33.2 Å². The third-order valence-electron chi connectivity index (χ3n) is 5.42. The van der Waals surface area contributed by atoms with Crippen molar-refractivity contribution in [1.29, 1.82) is 0 Å². The highest BCUT2D eigenvalue weighted by Crippen LogP contribution is 2.38. The molecule has 0 aliphatic heterocycles. The van der Waals surface area contributed by atoms with Crippen molar-refractivity contribution in [3.63, 3.8) is 0 Å². The molecule has 1 aromatic heterocycles. The van der Waals surface area contributed by atoms with Crippen molar-refractivity contribution in [3.8, 4) is 22.3 Å². The number of halogens is 4. The molecule has 0 atom stereocenters. The minimum absolute atomic E-state index is 0.0327. The van der Waals surface area contributed by atoms with Gasteiger partial charge in [-0.3, -0.25) is 4.98 Å². The summed E-state index contributed by atoms with van der Waals surface area (Å²) in [7, 11) is -3.70. The maximum atomic E-state index is 13.5. The lowest BCUT2D eigenvalue weighted by Crippen LogP contribution is -2.09. The summed E-state index contributed by atoms with van der Waals surface area (Å²) < 4.78 is 65.7. The Labute approximate surface area is 199 Å². The Morgan fingerprint density at radius 2 is 1.62 bits per heavy atom. The van der Waals surface area contributed by atoms with E-state index in [0.29, 0.717) is 27.6 Å². The Morgan fingerprint density at radius 1 is 0.912 bits per heavy atom. The van der Waals surface area contributed by atoms with Crippen molar-refractivity contribution in [2.45, 2.75) is 17.5 Å². The van der Waals surface area contributed by atoms with Gasteiger partial charge in [0, 0.05) is 18.2 Å². The molecule has 0 spiro atoms. The molecular formula is C25H19ClF3NO3S. The number of alkyl halides is 3. The Bertz CT molecular complexity index is 1470. The number of aromatic nitrogens is 1. The van der Waals surface area contributed by atoms with E-state index in [1.54, 1.807) is 42.5 Å². The summed E-state index contributed by atoms with van der Waals surface area (Å²) in [5.41, 5.74) is 1.54. The molecule has 9 heteroatoms. The second-order valence-corrected chi connectivity index (χ2v) is 10.2. The van der Waals surface area contributed by atoms with Crippen LogP contribution < -0.4 is 0 Å². The largest absolute Gasteiger partial charge is 0.418 e. The predicted octanol–water partition coefficient (Wildman–Crippen LogP) is 6.40. The van der Waals surface area contributed by atoms with Crippen LogP contribution in [0.5, 0.6) is 0 Å². The first-order valence-corrected chi connectivity index (χ1v) is 12.3. The minimum Gasteiger partial charge on any atom is -0.396 e. The van der Waals surface area contributed by atoms with Gasteiger partial charge in [-0.25, -0.2) is 8.42 Å². The van der Waals surface area contributed by atoms with Gasteiger partial charge in [0.2, 0.25) is 0 Å². The molecule has 0 radical (unpaired) electrons. The molecule has 0 bridgehead atoms. The SMILES string of the molecule is O=S(=O)(CCCO)c1cc(-c2cccc(-c3ccnc4c(C(F)(F)F)cccc34)c2)ccc1Cl. The zero-order chi connectivity index (χ0) is 24.5. The molecule has 34 heavy (non-hydrogen) atoms. The standard InChI is InChI=1S/C25H19ClF3NO3S/c26-22-9-8-17(15-23(22)34(32,33)13-3-12-31)16-4-1-5-18(14-16)19-10-11-30-24-20(19)6-2-7-21(24)25(27,28)29/h1-2,4-11,14-15,31H,3,12-13H2. The van der Waals surface area contributed by atoms with E-state index in [-0.39, 0.29) is 34.2 Å². The average Bonchev–Trinajstić information content (AvgIpc) is 2.81. The van der Waals surface area contributed by atoms with Gasteiger partial charge in [-0.1, -0.05) is 48.0 Å². The number of benzene rings is 3. The molecule has 4 rings (SSSR count). The number of nitrogens with zero attached hydrogens (tertiary/aromatic N) is 1. The number of aliphatic hydroxyl groups is 1. The minimum atomic E-state index is -4.53. The summed E-state index contributed by atoms with van der Waals surface area (Å²) in [5.74, 6) is -0.239. The summed E-state index contributed by atoms with van der Waals surface area (Å²) >= 11 is 6.15. The third kappa shape index (κ3) is 4.80. The van der Waals surface area contributed by atoms with E-state index in [1.165, 1.54) is 24.4 Å². The van der Waals surface area contributed by atoms with Crippen molar-refractivity contribution in [2.24, 2.45) is 0 Å². The zero-order valence-corrected chi connectivity index (χ0v) is 19.3. The van der Waals surface area contributed by atoms with Crippen LogP contribution in [0.1, 0.15) is 12.0 Å². The van der Waals surface area contributed by atoms with Gasteiger partial charge in [-0.05, 0) is 59.0 Å². The van der Waals surface area contributed by atoms with Crippen molar-refractivity contribution in [1.82, 2.24) is 4.98 Å². The molecule has 0 unspecified atom stereocenters. The van der Waals surface area contributed by atoms with Crippen LogP contribution in [0.2, 0.25) is 5.02 Å². The van der Waals surface area contributed by atoms with Crippen molar-refractivity contribution >= 4 is 32.3 Å². The molecule has 0 saturated carbocycles. The normalized spacial score (nSPS) is 12.3. The van der Waals surface area contributed by atoms with Gasteiger partial charge in [0.15, 0.2) is 9.84 Å². The van der Waals surface area contributed by atoms with E-state index in [2.05, 4.69) is 4.98 Å². The van der Waals surface area contributed by atoms with Crippen LogP contribution in [-0.2, 0) is 16.0 Å². The van der Waals surface area contributed by atoms with E-state index in [4.69, 9.17) is 16.7 Å². The molecule has 4 aromatic rings. The quantitative estimate of drug-likeness (QED) is 0.329. The second-order valence-electron chi connectivity index (χ2n) is 7.68. The van der Waals surface area contributed by atoms with Gasteiger partial charge in [0.25, 0.3) is 0 Å². The molecule has 3 aromatic carbocycles. The number of sulfone groups is 1. The van der Waals surface area contributed by atoms with Crippen LogP contribution >= 0.6 is 11.6 Å². The molecular weight excluding hydrogens is 487 g/mol. The van der Waals surface area contributed by atoms with Crippen LogP contribution in [0.4, 0.5) is 13.2 Å². The number of hydrogen-bond acceptors (Lipinski definition) is 4. The number of fused-ring (bicyclic) bond motifs is 1. The lowest BCUT2D eigenvalue weighted by atomic mass is 9.96. The van der Waals surface area contributed by atoms with Crippen molar-refractivity contribution in [2.75, 3.05) is 12.4 Å². The fourth-order valence-electron chi connectivity index (χ4n) is 3.81. The van der Waals surface area contributed by atoms with Gasteiger partial charge >= 0.3 is 6.18 Å². The number of aliphatic hydroxyl groups excluding tert-OH is 1. The third-order valence-corrected chi connectivity index (χ3v) is 7.70. The van der Waals surface area contributed by atoms with Gasteiger partial charge in [-0.15, -0.1) is 0 Å². The fraction of sp³-hybridized carbons (Fsp3) is 0.160. The molecule has 0 saturated heterocycles. The van der Waals surface area contributed by atoms with Crippen LogP contribution in [0.3, 0.4) is 0 Å². The highest BCUT2D eigenvalue weighted by atomic mass is 35.5. The van der Waals surface area contributed by atoms with Crippen LogP contribution in [0, 0.1) is 0 Å². The molecule has 0 fully saturated rings. The van der Waals surface area contributed by atoms with E-state index in [0.717, 1.165) is 6.07 Å². The van der Waals surface area contributed by atoms with Crippen LogP contribution in [-0.4, -0.2) is 30.9 Å². The molecule has 4 nitrogen and oxygen atoms in total. The maximum Gasteiger partial charge on any atom is 0.418 e. The highest BCUT2D eigenvalue weighted by molar-refractivity contribution is 7.91. The molecule has 1 N–H and O–H groups in total. The second kappa shape index (κ2) is 9.37. The number of para-hydroxylation sites is 1. The Morgan fingerprint density at radius 3 is 2.35 bits per heavy atom. The topological polar surface area (TPSA) is 67.3 Å². The zero-order valence-electron chi connectivity index (χ0n) is 17.7. The highest BCUT2D eigenvalue weighted by Gasteiger charge is 2.33. The van der Waals surface area contributed by atoms with Gasteiger partial charge in [-0.2, -0.15) is 13.2 Å². The average molecular weight is 506 g/mol. The Kier molecular flexibility index (Phi) is 6.66. The summed E-state index contributed by atoms with van der Waals surface area (Å²) in [5, 5.41) is 9.43. The summed E-state index contributed by atoms with van der Waals surface area (Å²) in [6.07, 6.45) is -3.10. The first-order chi connectivity index (χ1) is 16.1. The van der Waals surface area contributed by atoms with E-state index >= 15 is 0 Å². The lowest BCUT2D eigenvalue weighted by Gasteiger charge is -2.13. The molecule has 0 amide bonds. The van der Waals surface area contributed by atoms with E-state index in [9.17, 15) is 21.6 Å². The monoisotopic (exact) mass is 505 g/mol. The first-order valence-electron chi connectivity index (χ1n) is 10.3. The Balaban J connectivity index is 1.82. The number of rotatable bonds is 6. The van der Waals surface area contributed by atoms with Gasteiger partial charge in [0.05, 0.1) is 26.8 Å². The molecule has 1 heterocycles. The number of pyridine rings is 1. The first kappa shape index (κ1) is 24.2. The van der Waals surface area contributed by atoms with E-state index < -0.39 is 21.6 Å². The lowest BCUT2D eigenvalue weighted by molar-refractivity contribution is -0.136. The summed E-state index contributed by atoms with van der Waals surface area (Å²) in [4.78, 5) is 3.94. The van der Waals surface area contributed by atoms with E-state index in [1.807, 2.05) is 0 Å². The molecule has 176 valence electrons. The molecule has 0 aliphatic carbocycles. The Hall–Kier alpha value is -2.94. The maximum absolute atomic E-state index is 13.5. The predicted molar refractivity (Wildman–Crippen MR) is 126 cm³/mol.